The molecule has 1 aromatic carbocycles. The fourth-order valence-corrected chi connectivity index (χ4v) is 3.70. The molecule has 1 saturated heterocycles. The summed E-state index contributed by atoms with van der Waals surface area (Å²) < 4.78 is 0. The van der Waals surface area contributed by atoms with E-state index in [1.807, 2.05) is 53.7 Å². The topological polar surface area (TPSA) is 88.8 Å². The summed E-state index contributed by atoms with van der Waals surface area (Å²) in [6.45, 7) is 12.9. The van der Waals surface area contributed by atoms with E-state index in [0.29, 0.717) is 17.9 Å². The molecule has 1 fully saturated rings. The number of benzene rings is 1. The molecule has 2 aliphatic rings. The number of phenols is 1. The second-order valence-electron chi connectivity index (χ2n) is 9.61. The number of aromatic hydroxyl groups is 1. The third kappa shape index (κ3) is 3.57. The van der Waals surface area contributed by atoms with Crippen LogP contribution in [0.15, 0.2) is 17.1 Å². The van der Waals surface area contributed by atoms with Gasteiger partial charge in [0.25, 0.3) is 0 Å². The minimum Gasteiger partial charge on any atom is -0.507 e. The van der Waals surface area contributed by atoms with E-state index in [2.05, 4.69) is 10.3 Å². The summed E-state index contributed by atoms with van der Waals surface area (Å²) in [5.41, 5.74) is 1.58. The maximum Gasteiger partial charge on any atom is 0.182 e. The van der Waals surface area contributed by atoms with E-state index in [1.54, 1.807) is 11.2 Å². The first-order valence-electron chi connectivity index (χ1n) is 9.42. The number of nitrogens with one attached hydrogen (secondary N) is 2. The zero-order chi connectivity index (χ0) is 20.1. The first-order valence-corrected chi connectivity index (χ1v) is 9.42. The number of ketones is 1. The van der Waals surface area contributed by atoms with E-state index < -0.39 is 0 Å². The van der Waals surface area contributed by atoms with Gasteiger partial charge in [-0.25, -0.2) is 0 Å². The van der Waals surface area contributed by atoms with E-state index >= 15 is 0 Å². The number of hydrogen-bond acceptors (Lipinski definition) is 5. The van der Waals surface area contributed by atoms with Crippen LogP contribution in [-0.4, -0.2) is 53.1 Å². The van der Waals surface area contributed by atoms with Crippen molar-refractivity contribution in [3.8, 4) is 5.75 Å². The first-order chi connectivity index (χ1) is 12.4. The number of likely N-dealkylation sites (tertiary alicyclic amines) is 1. The molecule has 3 N–H and O–H groups in total. The van der Waals surface area contributed by atoms with Crippen molar-refractivity contribution >= 4 is 18.0 Å². The lowest BCUT2D eigenvalue weighted by molar-refractivity contribution is 0.0964. The van der Waals surface area contributed by atoms with Crippen LogP contribution in [0.4, 0.5) is 0 Å². The van der Waals surface area contributed by atoms with Gasteiger partial charge in [-0.3, -0.25) is 15.2 Å². The van der Waals surface area contributed by atoms with Gasteiger partial charge in [0.1, 0.15) is 17.6 Å². The molecule has 0 saturated carbocycles. The summed E-state index contributed by atoms with van der Waals surface area (Å²) >= 11 is 0. The zero-order valence-corrected chi connectivity index (χ0v) is 17.1. The molecule has 0 aliphatic carbocycles. The van der Waals surface area contributed by atoms with Crippen LogP contribution in [0.3, 0.4) is 0 Å². The number of Topliss-reactive ketones (excluding diaryl/α,β-unsaturated/α-hetero) is 1. The molecule has 2 aliphatic heterocycles. The van der Waals surface area contributed by atoms with Crippen LogP contribution in [0.1, 0.15) is 63.0 Å². The quantitative estimate of drug-likeness (QED) is 0.714. The summed E-state index contributed by atoms with van der Waals surface area (Å²) in [6.07, 6.45) is 1.65. The smallest absolute Gasteiger partial charge is 0.182 e. The highest BCUT2D eigenvalue weighted by atomic mass is 16.3. The molecule has 0 bridgehead atoms. The van der Waals surface area contributed by atoms with E-state index in [-0.39, 0.29) is 41.0 Å². The summed E-state index contributed by atoms with van der Waals surface area (Å²) in [5, 5.41) is 22.2. The number of amidine groups is 1. The Morgan fingerprint density at radius 3 is 2.26 bits per heavy atom. The number of rotatable bonds is 3. The fourth-order valence-electron chi connectivity index (χ4n) is 3.70. The van der Waals surface area contributed by atoms with Gasteiger partial charge in [-0.1, -0.05) is 41.5 Å². The molecule has 0 aromatic heterocycles. The van der Waals surface area contributed by atoms with Gasteiger partial charge in [0.2, 0.25) is 0 Å². The van der Waals surface area contributed by atoms with Crippen molar-refractivity contribution in [1.29, 1.82) is 5.41 Å². The van der Waals surface area contributed by atoms with Crippen molar-refractivity contribution in [3.63, 3.8) is 0 Å². The minimum atomic E-state index is -0.281. The van der Waals surface area contributed by atoms with Gasteiger partial charge in [0.05, 0.1) is 18.9 Å². The van der Waals surface area contributed by atoms with Gasteiger partial charge in [-0.05, 0) is 23.0 Å². The summed E-state index contributed by atoms with van der Waals surface area (Å²) in [4.78, 5) is 19.1. The lowest BCUT2D eigenvalue weighted by Gasteiger charge is -2.28. The number of aliphatic imine (C=N–C) groups is 1. The summed E-state index contributed by atoms with van der Waals surface area (Å²) in [7, 11) is 0. The summed E-state index contributed by atoms with van der Waals surface area (Å²) in [5.74, 6) is 0.619. The van der Waals surface area contributed by atoms with Crippen LogP contribution in [0.25, 0.3) is 0 Å². The Morgan fingerprint density at radius 1 is 1.22 bits per heavy atom. The van der Waals surface area contributed by atoms with Crippen molar-refractivity contribution in [2.45, 2.75) is 64.5 Å². The number of carbonyl (C=O) groups excluding carboxylic acids is 1. The van der Waals surface area contributed by atoms with Crippen LogP contribution in [0.2, 0.25) is 0 Å². The molecule has 2 unspecified atom stereocenters. The average Bonchev–Trinajstić information content (AvgIpc) is 3.09. The third-order valence-corrected chi connectivity index (χ3v) is 5.33. The highest BCUT2D eigenvalue weighted by Gasteiger charge is 2.40. The van der Waals surface area contributed by atoms with Gasteiger partial charge < -0.3 is 15.3 Å². The number of fused-ring (bicyclic) bond motifs is 1. The SMILES string of the molecule is CC(C)(C)c1cc(C(=O)CN2CC3NC=NC3C2=N)cc(C(C)(C)C)c1O. The van der Waals surface area contributed by atoms with E-state index in [0.717, 1.165) is 11.1 Å². The normalized spacial score (nSPS) is 22.1. The molecule has 0 amide bonds. The number of carbonyl (C=O) groups is 1. The van der Waals surface area contributed by atoms with Crippen LogP contribution in [-0.2, 0) is 10.8 Å². The summed E-state index contributed by atoms with van der Waals surface area (Å²) in [6, 6.07) is 3.52. The van der Waals surface area contributed by atoms with E-state index in [1.165, 1.54) is 0 Å². The molecule has 6 nitrogen and oxygen atoms in total. The molecule has 2 atom stereocenters. The third-order valence-electron chi connectivity index (χ3n) is 5.33. The van der Waals surface area contributed by atoms with Crippen LogP contribution < -0.4 is 5.32 Å². The van der Waals surface area contributed by atoms with Crippen LogP contribution >= 0.6 is 0 Å². The predicted octanol–water partition coefficient (Wildman–Crippen LogP) is 2.83. The first kappa shape index (κ1) is 19.4. The lowest BCUT2D eigenvalue weighted by Crippen LogP contribution is -2.34. The maximum absolute atomic E-state index is 13.1. The molecule has 146 valence electrons. The maximum atomic E-state index is 13.1. The molecule has 2 heterocycles. The molecular weight excluding hydrogens is 340 g/mol. The Bertz CT molecular complexity index is 779. The van der Waals surface area contributed by atoms with Gasteiger partial charge >= 0.3 is 0 Å². The second kappa shape index (κ2) is 6.36. The Balaban J connectivity index is 1.93. The number of nitrogens with zero attached hydrogens (tertiary/aromatic N) is 2. The number of hydrogen-bond donors (Lipinski definition) is 3. The largest absolute Gasteiger partial charge is 0.507 e. The van der Waals surface area contributed by atoms with E-state index in [9.17, 15) is 9.90 Å². The molecule has 6 heteroatoms. The Labute approximate surface area is 161 Å². The Hall–Kier alpha value is -2.37. The van der Waals surface area contributed by atoms with Crippen molar-refractivity contribution in [2.75, 3.05) is 13.1 Å². The van der Waals surface area contributed by atoms with Crippen LogP contribution in [0.5, 0.6) is 5.75 Å². The van der Waals surface area contributed by atoms with Crippen molar-refractivity contribution < 1.29 is 9.90 Å². The highest BCUT2D eigenvalue weighted by molar-refractivity contribution is 6.02. The molecule has 1 aromatic rings. The monoisotopic (exact) mass is 370 g/mol. The van der Waals surface area contributed by atoms with Gasteiger partial charge in [0, 0.05) is 23.2 Å². The van der Waals surface area contributed by atoms with Gasteiger partial charge in [-0.15, -0.1) is 0 Å². The zero-order valence-electron chi connectivity index (χ0n) is 17.1. The van der Waals surface area contributed by atoms with Crippen molar-refractivity contribution in [3.05, 3.63) is 28.8 Å². The van der Waals surface area contributed by atoms with E-state index in [4.69, 9.17) is 5.41 Å². The number of phenolic OH excluding ortho intramolecular Hbond substituents is 1. The lowest BCUT2D eigenvalue weighted by atomic mass is 9.78. The fraction of sp³-hybridized carbons (Fsp3) is 0.571. The van der Waals surface area contributed by atoms with Gasteiger partial charge in [0.15, 0.2) is 5.78 Å². The molecule has 3 rings (SSSR count). The minimum absolute atomic E-state index is 0.0419. The molecule has 27 heavy (non-hydrogen) atoms. The molecule has 0 spiro atoms. The standard InChI is InChI=1S/C21H30N4O2/c1-20(2,3)13-7-12(8-14(18(13)27)21(4,5)6)16(26)10-25-9-15-17(19(25)22)24-11-23-15/h7-8,11,15,17,22,27H,9-10H2,1-6H3,(H,23,24). The predicted molar refractivity (Wildman–Crippen MR) is 108 cm³/mol. The highest BCUT2D eigenvalue weighted by Crippen LogP contribution is 2.40. The average molecular weight is 370 g/mol. The van der Waals surface area contributed by atoms with Crippen LogP contribution in [0, 0.1) is 5.41 Å². The second-order valence-corrected chi connectivity index (χ2v) is 9.61. The molecule has 0 radical (unpaired) electrons. The Kier molecular flexibility index (Phi) is 4.57. The van der Waals surface area contributed by atoms with Gasteiger partial charge in [-0.2, -0.15) is 0 Å². The molecular formula is C21H30N4O2. The Morgan fingerprint density at radius 2 is 1.78 bits per heavy atom. The van der Waals surface area contributed by atoms with Crippen molar-refractivity contribution in [1.82, 2.24) is 10.2 Å². The van der Waals surface area contributed by atoms with Crippen molar-refractivity contribution in [2.24, 2.45) is 4.99 Å².